The molecule has 0 spiro atoms. The number of hydrogen-bond acceptors (Lipinski definition) is 2. The Labute approximate surface area is 61.9 Å². The number of ether oxygens (including phenoxy) is 1. The molecule has 1 atom stereocenters. The highest BCUT2D eigenvalue weighted by Crippen LogP contribution is 2.26. The van der Waals surface area contributed by atoms with Crippen molar-refractivity contribution in [1.82, 2.24) is 5.32 Å². The summed E-state index contributed by atoms with van der Waals surface area (Å²) in [5.74, 6) is 0.870. The van der Waals surface area contributed by atoms with Gasteiger partial charge in [-0.1, -0.05) is 0 Å². The zero-order valence-corrected chi connectivity index (χ0v) is 6.31. The van der Waals surface area contributed by atoms with E-state index >= 15 is 0 Å². The first-order valence-corrected chi connectivity index (χ1v) is 4.29. The molecule has 0 aromatic carbocycles. The molecular weight excluding hydrogens is 126 g/mol. The predicted octanol–water partition coefficient (Wildman–Crippen LogP) is 0.775. The van der Waals surface area contributed by atoms with Crippen LogP contribution in [0.5, 0.6) is 0 Å². The van der Waals surface area contributed by atoms with E-state index in [0.717, 1.165) is 12.5 Å². The van der Waals surface area contributed by atoms with Gasteiger partial charge in [0.25, 0.3) is 0 Å². The fourth-order valence-electron chi connectivity index (χ4n) is 1.84. The molecule has 0 aromatic heterocycles. The summed E-state index contributed by atoms with van der Waals surface area (Å²) in [6.45, 7) is 3.41. The minimum absolute atomic E-state index is 0.627. The lowest BCUT2D eigenvalue weighted by atomic mass is 9.88. The van der Waals surface area contributed by atoms with E-state index < -0.39 is 0 Å². The largest absolute Gasteiger partial charge is 0.378 e. The van der Waals surface area contributed by atoms with Crippen LogP contribution in [0.3, 0.4) is 0 Å². The van der Waals surface area contributed by atoms with E-state index in [1.807, 2.05) is 0 Å². The topological polar surface area (TPSA) is 21.3 Å². The van der Waals surface area contributed by atoms with E-state index in [1.54, 1.807) is 0 Å². The zero-order valence-electron chi connectivity index (χ0n) is 6.31. The molecule has 0 saturated carbocycles. The van der Waals surface area contributed by atoms with Gasteiger partial charge in [-0.05, 0) is 38.3 Å². The first kappa shape index (κ1) is 6.62. The van der Waals surface area contributed by atoms with Gasteiger partial charge in [0.2, 0.25) is 0 Å². The highest BCUT2D eigenvalue weighted by molar-refractivity contribution is 4.80. The smallest absolute Gasteiger partial charge is 0.0626 e. The molecule has 1 unspecified atom stereocenters. The van der Waals surface area contributed by atoms with Crippen LogP contribution >= 0.6 is 0 Å². The molecule has 0 aromatic rings. The molecule has 2 aliphatic rings. The molecule has 10 heavy (non-hydrogen) atoms. The van der Waals surface area contributed by atoms with Crippen LogP contribution < -0.4 is 5.32 Å². The Morgan fingerprint density at radius 1 is 1.10 bits per heavy atom. The van der Waals surface area contributed by atoms with Crippen molar-refractivity contribution in [3.63, 3.8) is 0 Å². The Morgan fingerprint density at radius 3 is 2.30 bits per heavy atom. The maximum Gasteiger partial charge on any atom is 0.0626 e. The summed E-state index contributed by atoms with van der Waals surface area (Å²) in [6.07, 6.45) is 4.59. The van der Waals surface area contributed by atoms with Crippen molar-refractivity contribution >= 4 is 0 Å². The van der Waals surface area contributed by atoms with E-state index in [0.29, 0.717) is 6.10 Å². The highest BCUT2D eigenvalue weighted by atomic mass is 16.5. The van der Waals surface area contributed by atoms with Gasteiger partial charge in [-0.3, -0.25) is 0 Å². The van der Waals surface area contributed by atoms with Gasteiger partial charge in [0.1, 0.15) is 0 Å². The maximum atomic E-state index is 5.44. The van der Waals surface area contributed by atoms with Crippen molar-refractivity contribution in [3.05, 3.63) is 0 Å². The van der Waals surface area contributed by atoms with E-state index in [4.69, 9.17) is 4.74 Å². The second-order valence-electron chi connectivity index (χ2n) is 3.29. The summed E-state index contributed by atoms with van der Waals surface area (Å²) >= 11 is 0. The van der Waals surface area contributed by atoms with Gasteiger partial charge >= 0.3 is 0 Å². The molecule has 58 valence electrons. The maximum absolute atomic E-state index is 5.44. The molecule has 2 saturated heterocycles. The number of rotatable bonds is 1. The molecule has 0 amide bonds. The lowest BCUT2D eigenvalue weighted by molar-refractivity contribution is -0.0905. The SMILES string of the molecule is C1CC(C2CCO2)CCN1. The molecule has 2 heteroatoms. The molecular formula is C8H15NO. The summed E-state index contributed by atoms with van der Waals surface area (Å²) < 4.78 is 5.44. The summed E-state index contributed by atoms with van der Waals surface area (Å²) in [7, 11) is 0. The Hall–Kier alpha value is -0.0800. The standard InChI is InChI=1S/C8H15NO/c1-4-9-5-2-7(1)8-3-6-10-8/h7-9H,1-6H2. The van der Waals surface area contributed by atoms with Crippen LogP contribution in [0, 0.1) is 5.92 Å². The molecule has 2 aliphatic heterocycles. The average molecular weight is 141 g/mol. The van der Waals surface area contributed by atoms with Crippen LogP contribution in [0.25, 0.3) is 0 Å². The van der Waals surface area contributed by atoms with Gasteiger partial charge < -0.3 is 10.1 Å². The van der Waals surface area contributed by atoms with Crippen molar-refractivity contribution in [3.8, 4) is 0 Å². The minimum atomic E-state index is 0.627. The molecule has 0 aliphatic carbocycles. The molecule has 0 bridgehead atoms. The molecule has 1 N–H and O–H groups in total. The third-order valence-electron chi connectivity index (χ3n) is 2.64. The van der Waals surface area contributed by atoms with Crippen LogP contribution in [-0.2, 0) is 4.74 Å². The fourth-order valence-corrected chi connectivity index (χ4v) is 1.84. The summed E-state index contributed by atoms with van der Waals surface area (Å²) in [5, 5.41) is 3.36. The highest BCUT2D eigenvalue weighted by Gasteiger charge is 2.28. The van der Waals surface area contributed by atoms with E-state index in [-0.39, 0.29) is 0 Å². The van der Waals surface area contributed by atoms with Crippen molar-refractivity contribution in [1.29, 1.82) is 0 Å². The first-order valence-electron chi connectivity index (χ1n) is 4.29. The minimum Gasteiger partial charge on any atom is -0.378 e. The molecule has 2 rings (SSSR count). The van der Waals surface area contributed by atoms with Gasteiger partial charge in [0.15, 0.2) is 0 Å². The average Bonchev–Trinajstić information content (AvgIpc) is 1.86. The Balaban J connectivity index is 1.78. The lowest BCUT2D eigenvalue weighted by Gasteiger charge is -2.36. The normalized spacial score (nSPS) is 35.4. The van der Waals surface area contributed by atoms with E-state index in [1.165, 1.54) is 32.4 Å². The molecule has 2 heterocycles. The third kappa shape index (κ3) is 1.18. The van der Waals surface area contributed by atoms with Crippen molar-refractivity contribution in [2.45, 2.75) is 25.4 Å². The molecule has 0 radical (unpaired) electrons. The predicted molar refractivity (Wildman–Crippen MR) is 40.0 cm³/mol. The van der Waals surface area contributed by atoms with Crippen molar-refractivity contribution < 1.29 is 4.74 Å². The van der Waals surface area contributed by atoms with Gasteiger partial charge in [-0.15, -0.1) is 0 Å². The monoisotopic (exact) mass is 141 g/mol. The van der Waals surface area contributed by atoms with Gasteiger partial charge in [0.05, 0.1) is 6.10 Å². The molecule has 2 fully saturated rings. The van der Waals surface area contributed by atoms with Gasteiger partial charge in [-0.2, -0.15) is 0 Å². The number of nitrogens with one attached hydrogen (secondary N) is 1. The summed E-state index contributed by atoms with van der Waals surface area (Å²) in [5.41, 5.74) is 0. The first-order chi connectivity index (χ1) is 4.97. The fraction of sp³-hybridized carbons (Fsp3) is 1.00. The molecule has 2 nitrogen and oxygen atoms in total. The van der Waals surface area contributed by atoms with E-state index in [2.05, 4.69) is 5.32 Å². The quantitative estimate of drug-likeness (QED) is 0.582. The van der Waals surface area contributed by atoms with Gasteiger partial charge in [-0.25, -0.2) is 0 Å². The second kappa shape index (κ2) is 2.89. The van der Waals surface area contributed by atoms with Crippen LogP contribution in [-0.4, -0.2) is 25.8 Å². The Bertz CT molecular complexity index is 106. The van der Waals surface area contributed by atoms with Crippen LogP contribution in [0.1, 0.15) is 19.3 Å². The van der Waals surface area contributed by atoms with Crippen molar-refractivity contribution in [2.75, 3.05) is 19.7 Å². The summed E-state index contributed by atoms with van der Waals surface area (Å²) in [6, 6.07) is 0. The second-order valence-corrected chi connectivity index (χ2v) is 3.29. The zero-order chi connectivity index (χ0) is 6.81. The van der Waals surface area contributed by atoms with Crippen LogP contribution in [0.4, 0.5) is 0 Å². The number of hydrogen-bond donors (Lipinski definition) is 1. The summed E-state index contributed by atoms with van der Waals surface area (Å²) in [4.78, 5) is 0. The lowest BCUT2D eigenvalue weighted by Crippen LogP contribution is -2.40. The number of piperidine rings is 1. The Morgan fingerprint density at radius 2 is 1.80 bits per heavy atom. The van der Waals surface area contributed by atoms with Crippen molar-refractivity contribution in [2.24, 2.45) is 5.92 Å². The van der Waals surface area contributed by atoms with Crippen LogP contribution in [0.15, 0.2) is 0 Å². The van der Waals surface area contributed by atoms with Gasteiger partial charge in [0, 0.05) is 6.61 Å². The Kier molecular flexibility index (Phi) is 1.91. The van der Waals surface area contributed by atoms with Crippen LogP contribution in [0.2, 0.25) is 0 Å². The van der Waals surface area contributed by atoms with E-state index in [9.17, 15) is 0 Å². The third-order valence-corrected chi connectivity index (χ3v) is 2.64.